The van der Waals surface area contributed by atoms with E-state index in [-0.39, 0.29) is 0 Å². The Labute approximate surface area is 130 Å². The summed E-state index contributed by atoms with van der Waals surface area (Å²) in [6.45, 7) is 9.28. The standard InChI is InChI=1S/C18H31NO2/c1-5-9-15-13-16(10-8-12-19-11-6-2)18(21-7-3)14-17(15)20-4/h13-14,19H,5-12H2,1-4H3. The van der Waals surface area contributed by atoms with E-state index < -0.39 is 0 Å². The van der Waals surface area contributed by atoms with Crippen LogP contribution in [0.3, 0.4) is 0 Å². The van der Waals surface area contributed by atoms with Gasteiger partial charge in [0.25, 0.3) is 0 Å². The highest BCUT2D eigenvalue weighted by atomic mass is 16.5. The van der Waals surface area contributed by atoms with Crippen LogP contribution in [0, 0.1) is 0 Å². The maximum Gasteiger partial charge on any atom is 0.126 e. The van der Waals surface area contributed by atoms with Crippen LogP contribution < -0.4 is 14.8 Å². The summed E-state index contributed by atoms with van der Waals surface area (Å²) in [5, 5.41) is 3.45. The molecule has 0 aliphatic rings. The van der Waals surface area contributed by atoms with E-state index in [9.17, 15) is 0 Å². The minimum Gasteiger partial charge on any atom is -0.496 e. The van der Waals surface area contributed by atoms with Crippen molar-refractivity contribution in [2.24, 2.45) is 0 Å². The summed E-state index contributed by atoms with van der Waals surface area (Å²) in [7, 11) is 1.73. The lowest BCUT2D eigenvalue weighted by Crippen LogP contribution is -2.16. The van der Waals surface area contributed by atoms with Crippen LogP contribution in [0.2, 0.25) is 0 Å². The monoisotopic (exact) mass is 293 g/mol. The van der Waals surface area contributed by atoms with Crippen molar-refractivity contribution >= 4 is 0 Å². The van der Waals surface area contributed by atoms with E-state index >= 15 is 0 Å². The molecule has 0 bridgehead atoms. The van der Waals surface area contributed by atoms with Gasteiger partial charge < -0.3 is 14.8 Å². The fraction of sp³-hybridized carbons (Fsp3) is 0.667. The molecule has 1 rings (SSSR count). The summed E-state index contributed by atoms with van der Waals surface area (Å²) in [6, 6.07) is 4.33. The predicted molar refractivity (Wildman–Crippen MR) is 89.6 cm³/mol. The first-order valence-corrected chi connectivity index (χ1v) is 8.30. The molecule has 1 aromatic carbocycles. The van der Waals surface area contributed by atoms with Crippen LogP contribution in [0.5, 0.6) is 11.5 Å². The van der Waals surface area contributed by atoms with Crippen LogP contribution in [0.25, 0.3) is 0 Å². The Hall–Kier alpha value is -1.22. The maximum atomic E-state index is 5.79. The van der Waals surface area contributed by atoms with Crippen LogP contribution in [-0.2, 0) is 12.8 Å². The second-order valence-electron chi connectivity index (χ2n) is 5.31. The molecule has 3 heteroatoms. The number of hydrogen-bond donors (Lipinski definition) is 1. The quantitative estimate of drug-likeness (QED) is 0.626. The Balaban J connectivity index is 2.79. The Morgan fingerprint density at radius 3 is 2.29 bits per heavy atom. The van der Waals surface area contributed by atoms with Gasteiger partial charge in [-0.25, -0.2) is 0 Å². The molecule has 1 aromatic rings. The summed E-state index contributed by atoms with van der Waals surface area (Å²) in [5.41, 5.74) is 2.60. The molecule has 0 aliphatic heterocycles. The summed E-state index contributed by atoms with van der Waals surface area (Å²) >= 11 is 0. The van der Waals surface area contributed by atoms with Crippen LogP contribution in [-0.4, -0.2) is 26.8 Å². The van der Waals surface area contributed by atoms with Gasteiger partial charge in [0.1, 0.15) is 11.5 Å². The molecule has 21 heavy (non-hydrogen) atoms. The number of aryl methyl sites for hydroxylation is 2. The van der Waals surface area contributed by atoms with Gasteiger partial charge in [-0.15, -0.1) is 0 Å². The van der Waals surface area contributed by atoms with Gasteiger partial charge in [0.2, 0.25) is 0 Å². The molecule has 0 spiro atoms. The zero-order valence-corrected chi connectivity index (χ0v) is 14.1. The molecule has 0 aromatic heterocycles. The van der Waals surface area contributed by atoms with Crippen LogP contribution in [0.1, 0.15) is 51.2 Å². The number of benzene rings is 1. The fourth-order valence-electron chi connectivity index (χ4n) is 2.50. The molecular formula is C18H31NO2. The SMILES string of the molecule is CCCNCCCc1cc(CCC)c(OC)cc1OCC. The van der Waals surface area contributed by atoms with Gasteiger partial charge in [0.15, 0.2) is 0 Å². The third kappa shape index (κ3) is 5.96. The van der Waals surface area contributed by atoms with Crippen molar-refractivity contribution in [3.8, 4) is 11.5 Å². The van der Waals surface area contributed by atoms with Crippen molar-refractivity contribution in [2.75, 3.05) is 26.8 Å². The zero-order valence-electron chi connectivity index (χ0n) is 14.1. The molecule has 0 radical (unpaired) electrons. The van der Waals surface area contributed by atoms with Gasteiger partial charge in [-0.1, -0.05) is 20.3 Å². The van der Waals surface area contributed by atoms with Crippen molar-refractivity contribution in [3.63, 3.8) is 0 Å². The topological polar surface area (TPSA) is 30.5 Å². The van der Waals surface area contributed by atoms with Crippen LogP contribution >= 0.6 is 0 Å². The molecule has 0 saturated carbocycles. The molecule has 0 atom stereocenters. The zero-order chi connectivity index (χ0) is 15.5. The Morgan fingerprint density at radius 1 is 0.905 bits per heavy atom. The third-order valence-electron chi connectivity index (χ3n) is 3.51. The number of methoxy groups -OCH3 is 1. The van der Waals surface area contributed by atoms with Crippen LogP contribution in [0.15, 0.2) is 12.1 Å². The fourth-order valence-corrected chi connectivity index (χ4v) is 2.50. The molecule has 0 saturated heterocycles. The highest BCUT2D eigenvalue weighted by Gasteiger charge is 2.11. The minimum absolute atomic E-state index is 0.692. The van der Waals surface area contributed by atoms with E-state index in [1.807, 2.05) is 6.92 Å². The first-order chi connectivity index (χ1) is 10.3. The Kier molecular flexibility index (Phi) is 8.91. The Bertz CT molecular complexity index is 404. The van der Waals surface area contributed by atoms with Gasteiger partial charge in [-0.2, -0.15) is 0 Å². The van der Waals surface area contributed by atoms with Crippen molar-refractivity contribution in [3.05, 3.63) is 23.3 Å². The lowest BCUT2D eigenvalue weighted by Gasteiger charge is -2.16. The maximum absolute atomic E-state index is 5.79. The minimum atomic E-state index is 0.692. The van der Waals surface area contributed by atoms with Crippen molar-refractivity contribution in [1.82, 2.24) is 5.32 Å². The van der Waals surface area contributed by atoms with E-state index in [2.05, 4.69) is 31.3 Å². The molecular weight excluding hydrogens is 262 g/mol. The van der Waals surface area contributed by atoms with E-state index in [0.717, 1.165) is 50.3 Å². The molecule has 3 nitrogen and oxygen atoms in total. The van der Waals surface area contributed by atoms with E-state index in [0.29, 0.717) is 6.61 Å². The van der Waals surface area contributed by atoms with E-state index in [1.165, 1.54) is 17.5 Å². The summed E-state index contributed by atoms with van der Waals surface area (Å²) in [5.74, 6) is 1.93. The predicted octanol–water partition coefficient (Wildman–Crippen LogP) is 3.98. The van der Waals surface area contributed by atoms with E-state index in [1.54, 1.807) is 7.11 Å². The van der Waals surface area contributed by atoms with Crippen molar-refractivity contribution < 1.29 is 9.47 Å². The Morgan fingerprint density at radius 2 is 1.67 bits per heavy atom. The molecule has 0 unspecified atom stereocenters. The molecule has 120 valence electrons. The van der Waals surface area contributed by atoms with E-state index in [4.69, 9.17) is 9.47 Å². The number of ether oxygens (including phenoxy) is 2. The van der Waals surface area contributed by atoms with Crippen molar-refractivity contribution in [2.45, 2.75) is 52.9 Å². The number of nitrogens with one attached hydrogen (secondary N) is 1. The summed E-state index contributed by atoms with van der Waals surface area (Å²) < 4.78 is 11.3. The van der Waals surface area contributed by atoms with Crippen LogP contribution in [0.4, 0.5) is 0 Å². The smallest absolute Gasteiger partial charge is 0.126 e. The lowest BCUT2D eigenvalue weighted by molar-refractivity contribution is 0.331. The summed E-state index contributed by atoms with van der Waals surface area (Å²) in [6.07, 6.45) is 5.55. The average Bonchev–Trinajstić information content (AvgIpc) is 2.49. The largest absolute Gasteiger partial charge is 0.496 e. The van der Waals surface area contributed by atoms with Gasteiger partial charge >= 0.3 is 0 Å². The van der Waals surface area contributed by atoms with Gasteiger partial charge in [0.05, 0.1) is 13.7 Å². The van der Waals surface area contributed by atoms with Crippen molar-refractivity contribution in [1.29, 1.82) is 0 Å². The summed E-state index contributed by atoms with van der Waals surface area (Å²) in [4.78, 5) is 0. The first-order valence-electron chi connectivity index (χ1n) is 8.30. The lowest BCUT2D eigenvalue weighted by atomic mass is 10.0. The number of rotatable bonds is 11. The third-order valence-corrected chi connectivity index (χ3v) is 3.51. The second kappa shape index (κ2) is 10.5. The average molecular weight is 293 g/mol. The highest BCUT2D eigenvalue weighted by molar-refractivity contribution is 5.47. The van der Waals surface area contributed by atoms with Gasteiger partial charge in [-0.05, 0) is 62.9 Å². The molecule has 0 heterocycles. The first kappa shape index (κ1) is 17.8. The molecule has 0 aliphatic carbocycles. The van der Waals surface area contributed by atoms with Gasteiger partial charge in [0, 0.05) is 6.07 Å². The molecule has 0 amide bonds. The normalized spacial score (nSPS) is 10.7. The second-order valence-corrected chi connectivity index (χ2v) is 5.31. The number of hydrogen-bond acceptors (Lipinski definition) is 3. The van der Waals surface area contributed by atoms with Gasteiger partial charge in [-0.3, -0.25) is 0 Å². The molecule has 0 fully saturated rings. The highest BCUT2D eigenvalue weighted by Crippen LogP contribution is 2.31. The molecule has 1 N–H and O–H groups in total.